The fourth-order valence-electron chi connectivity index (χ4n) is 1.68. The highest BCUT2D eigenvalue weighted by Gasteiger charge is 2.14. The molecule has 2 rings (SSSR count). The third-order valence-corrected chi connectivity index (χ3v) is 2.80. The molecule has 0 saturated carbocycles. The van der Waals surface area contributed by atoms with E-state index in [0.717, 1.165) is 5.56 Å². The molecule has 0 aliphatic carbocycles. The summed E-state index contributed by atoms with van der Waals surface area (Å²) in [6, 6.07) is 15.3. The lowest BCUT2D eigenvalue weighted by Gasteiger charge is -2.12. The number of anilines is 1. The predicted octanol–water partition coefficient (Wildman–Crippen LogP) is 3.57. The summed E-state index contributed by atoms with van der Waals surface area (Å²) in [6.45, 7) is 1.84. The zero-order valence-corrected chi connectivity index (χ0v) is 10.1. The Morgan fingerprint density at radius 1 is 1.06 bits per heavy atom. The van der Waals surface area contributed by atoms with Crippen LogP contribution in [-0.2, 0) is 4.79 Å². The molecule has 0 bridgehead atoms. The van der Waals surface area contributed by atoms with Crippen molar-refractivity contribution in [2.45, 2.75) is 12.8 Å². The maximum absolute atomic E-state index is 12.7. The first-order valence-corrected chi connectivity index (χ1v) is 5.78. The summed E-state index contributed by atoms with van der Waals surface area (Å²) < 4.78 is 12.7. The van der Waals surface area contributed by atoms with Crippen molar-refractivity contribution in [1.82, 2.24) is 0 Å². The Morgan fingerprint density at radius 2 is 1.67 bits per heavy atom. The standard InChI is InChI=1S/C15H14FNO/c1-11(12-5-3-2-4-6-12)15(18)17-14-9-7-13(16)8-10-14/h2-11H,1H3,(H,17,18)/t11-/m0/s1. The Balaban J connectivity index is 2.06. The van der Waals surface area contributed by atoms with Gasteiger partial charge in [-0.1, -0.05) is 30.3 Å². The van der Waals surface area contributed by atoms with Gasteiger partial charge in [0, 0.05) is 5.69 Å². The smallest absolute Gasteiger partial charge is 0.231 e. The van der Waals surface area contributed by atoms with Crippen molar-refractivity contribution in [3.05, 3.63) is 66.0 Å². The maximum atomic E-state index is 12.7. The van der Waals surface area contributed by atoms with E-state index in [2.05, 4.69) is 5.32 Å². The van der Waals surface area contributed by atoms with E-state index in [1.54, 1.807) is 12.1 Å². The van der Waals surface area contributed by atoms with Crippen LogP contribution in [0.5, 0.6) is 0 Å². The first-order valence-electron chi connectivity index (χ1n) is 5.78. The van der Waals surface area contributed by atoms with Gasteiger partial charge in [0.15, 0.2) is 0 Å². The van der Waals surface area contributed by atoms with Gasteiger partial charge in [-0.2, -0.15) is 0 Å². The van der Waals surface area contributed by atoms with Crippen LogP contribution < -0.4 is 5.32 Å². The van der Waals surface area contributed by atoms with Crippen LogP contribution in [0.3, 0.4) is 0 Å². The van der Waals surface area contributed by atoms with Crippen LogP contribution in [0, 0.1) is 5.82 Å². The van der Waals surface area contributed by atoms with Gasteiger partial charge in [0.25, 0.3) is 0 Å². The molecule has 1 atom stereocenters. The molecule has 0 radical (unpaired) electrons. The second kappa shape index (κ2) is 5.45. The molecule has 1 N–H and O–H groups in total. The molecule has 2 nitrogen and oxygen atoms in total. The van der Waals surface area contributed by atoms with Crippen molar-refractivity contribution in [2.75, 3.05) is 5.32 Å². The van der Waals surface area contributed by atoms with Gasteiger partial charge >= 0.3 is 0 Å². The van der Waals surface area contributed by atoms with E-state index in [1.165, 1.54) is 12.1 Å². The zero-order chi connectivity index (χ0) is 13.0. The minimum atomic E-state index is -0.316. The molecule has 1 amide bonds. The number of nitrogens with one attached hydrogen (secondary N) is 1. The van der Waals surface area contributed by atoms with Crippen molar-refractivity contribution in [1.29, 1.82) is 0 Å². The first kappa shape index (κ1) is 12.3. The van der Waals surface area contributed by atoms with Gasteiger partial charge in [0.1, 0.15) is 5.82 Å². The van der Waals surface area contributed by atoms with Crippen molar-refractivity contribution < 1.29 is 9.18 Å². The summed E-state index contributed by atoms with van der Waals surface area (Å²) in [5.74, 6) is -0.659. The number of benzene rings is 2. The van der Waals surface area contributed by atoms with Crippen LogP contribution in [0.15, 0.2) is 54.6 Å². The van der Waals surface area contributed by atoms with Crippen LogP contribution in [0.25, 0.3) is 0 Å². The van der Waals surface area contributed by atoms with E-state index in [4.69, 9.17) is 0 Å². The van der Waals surface area contributed by atoms with Crippen molar-refractivity contribution in [2.24, 2.45) is 0 Å². The third-order valence-electron chi connectivity index (χ3n) is 2.80. The number of hydrogen-bond donors (Lipinski definition) is 1. The molecule has 0 spiro atoms. The fraction of sp³-hybridized carbons (Fsp3) is 0.133. The van der Waals surface area contributed by atoms with Crippen LogP contribution in [0.1, 0.15) is 18.4 Å². The Bertz CT molecular complexity index is 522. The summed E-state index contributed by atoms with van der Waals surface area (Å²) in [7, 11) is 0. The van der Waals surface area contributed by atoms with Gasteiger partial charge in [0.2, 0.25) is 5.91 Å². The quantitative estimate of drug-likeness (QED) is 0.877. The first-order chi connectivity index (χ1) is 8.66. The molecule has 0 aromatic heterocycles. The minimum Gasteiger partial charge on any atom is -0.326 e. The lowest BCUT2D eigenvalue weighted by atomic mass is 10.0. The average molecular weight is 243 g/mol. The van der Waals surface area contributed by atoms with Gasteiger partial charge in [-0.15, -0.1) is 0 Å². The minimum absolute atomic E-state index is 0.104. The van der Waals surface area contributed by atoms with Gasteiger partial charge in [-0.3, -0.25) is 4.79 Å². The van der Waals surface area contributed by atoms with E-state index in [9.17, 15) is 9.18 Å². The molecule has 0 aliphatic heterocycles. The summed E-state index contributed by atoms with van der Waals surface area (Å²) in [5.41, 5.74) is 1.56. The Hall–Kier alpha value is -2.16. The van der Waals surface area contributed by atoms with E-state index in [-0.39, 0.29) is 17.6 Å². The lowest BCUT2D eigenvalue weighted by Crippen LogP contribution is -2.18. The summed E-state index contributed by atoms with van der Waals surface area (Å²) in [6.07, 6.45) is 0. The van der Waals surface area contributed by atoms with Gasteiger partial charge in [-0.25, -0.2) is 4.39 Å². The van der Waals surface area contributed by atoms with Crippen molar-refractivity contribution >= 4 is 11.6 Å². The van der Waals surface area contributed by atoms with Crippen molar-refractivity contribution in [3.63, 3.8) is 0 Å². The molecule has 2 aromatic carbocycles. The highest BCUT2D eigenvalue weighted by molar-refractivity contribution is 5.95. The predicted molar refractivity (Wildman–Crippen MR) is 69.9 cm³/mol. The van der Waals surface area contributed by atoms with Crippen LogP contribution in [-0.4, -0.2) is 5.91 Å². The van der Waals surface area contributed by atoms with Gasteiger partial charge in [-0.05, 0) is 36.8 Å². The van der Waals surface area contributed by atoms with E-state index in [1.807, 2.05) is 37.3 Å². The third kappa shape index (κ3) is 2.94. The van der Waals surface area contributed by atoms with Crippen molar-refractivity contribution in [3.8, 4) is 0 Å². The van der Waals surface area contributed by atoms with Gasteiger partial charge in [0.05, 0.1) is 5.92 Å². The topological polar surface area (TPSA) is 29.1 Å². The number of carbonyl (C=O) groups is 1. The highest BCUT2D eigenvalue weighted by Crippen LogP contribution is 2.17. The molecule has 2 aromatic rings. The summed E-state index contributed by atoms with van der Waals surface area (Å²) in [4.78, 5) is 12.0. The second-order valence-corrected chi connectivity index (χ2v) is 4.13. The number of amides is 1. The zero-order valence-electron chi connectivity index (χ0n) is 10.1. The molecular weight excluding hydrogens is 229 g/mol. The molecule has 92 valence electrons. The molecule has 0 saturated heterocycles. The molecule has 0 unspecified atom stereocenters. The van der Waals surface area contributed by atoms with E-state index < -0.39 is 0 Å². The van der Waals surface area contributed by atoms with E-state index >= 15 is 0 Å². The SMILES string of the molecule is C[C@H](C(=O)Nc1ccc(F)cc1)c1ccccc1. The largest absolute Gasteiger partial charge is 0.326 e. The number of carbonyl (C=O) groups excluding carboxylic acids is 1. The summed E-state index contributed by atoms with van der Waals surface area (Å²) in [5, 5.41) is 2.76. The van der Waals surface area contributed by atoms with E-state index in [0.29, 0.717) is 5.69 Å². The molecule has 3 heteroatoms. The number of hydrogen-bond acceptors (Lipinski definition) is 1. The normalized spacial score (nSPS) is 11.9. The molecule has 0 aliphatic rings. The molecular formula is C15H14FNO. The monoisotopic (exact) mass is 243 g/mol. The van der Waals surface area contributed by atoms with Crippen LogP contribution in [0.2, 0.25) is 0 Å². The Kier molecular flexibility index (Phi) is 3.72. The van der Waals surface area contributed by atoms with Gasteiger partial charge < -0.3 is 5.32 Å². The van der Waals surface area contributed by atoms with Crippen LogP contribution >= 0.6 is 0 Å². The molecule has 0 fully saturated rings. The number of rotatable bonds is 3. The second-order valence-electron chi connectivity index (χ2n) is 4.13. The average Bonchev–Trinajstić information content (AvgIpc) is 2.41. The summed E-state index contributed by atoms with van der Waals surface area (Å²) >= 11 is 0. The highest BCUT2D eigenvalue weighted by atomic mass is 19.1. The molecule has 0 heterocycles. The van der Waals surface area contributed by atoms with Crippen LogP contribution in [0.4, 0.5) is 10.1 Å². The Morgan fingerprint density at radius 3 is 2.28 bits per heavy atom. The maximum Gasteiger partial charge on any atom is 0.231 e. The Labute approximate surface area is 105 Å². The fourth-order valence-corrected chi connectivity index (χ4v) is 1.68. The number of halogens is 1. The molecule has 18 heavy (non-hydrogen) atoms. The lowest BCUT2D eigenvalue weighted by molar-refractivity contribution is -0.117.